The molecule has 2 N–H and O–H groups in total. The molecule has 0 atom stereocenters. The Hall–Kier alpha value is -4.04. The maximum absolute atomic E-state index is 12.2. The quantitative estimate of drug-likeness (QED) is 0.280. The molecule has 0 saturated carbocycles. The second kappa shape index (κ2) is 10.7. The summed E-state index contributed by atoms with van der Waals surface area (Å²) >= 11 is 3.45. The third-order valence-corrected chi connectivity index (χ3v) is 5.53. The van der Waals surface area contributed by atoms with Gasteiger partial charge in [-0.1, -0.05) is 64.0 Å². The summed E-state index contributed by atoms with van der Waals surface area (Å²) in [6, 6.07) is 24.7. The van der Waals surface area contributed by atoms with Crippen LogP contribution >= 0.6 is 15.9 Å². The normalized spacial score (nSPS) is 10.9. The zero-order chi connectivity index (χ0) is 23.9. The van der Waals surface area contributed by atoms with Gasteiger partial charge in [0.05, 0.1) is 18.4 Å². The lowest BCUT2D eigenvalue weighted by molar-refractivity contribution is -0.120. The number of para-hydroxylation sites is 1. The van der Waals surface area contributed by atoms with Gasteiger partial charge in [0, 0.05) is 27.4 Å². The molecule has 0 aliphatic heterocycles. The van der Waals surface area contributed by atoms with Crippen molar-refractivity contribution in [3.8, 4) is 16.9 Å². The number of aromatic nitrogens is 2. The highest BCUT2D eigenvalue weighted by atomic mass is 79.9. The van der Waals surface area contributed by atoms with Crippen molar-refractivity contribution >= 4 is 34.0 Å². The van der Waals surface area contributed by atoms with Gasteiger partial charge < -0.3 is 5.32 Å². The minimum Gasteiger partial charge on any atom is -0.343 e. The zero-order valence-corrected chi connectivity index (χ0v) is 20.0. The summed E-state index contributed by atoms with van der Waals surface area (Å²) in [5.74, 6) is -0.752. The van der Waals surface area contributed by atoms with E-state index in [1.807, 2.05) is 79.9 Å². The molecular formula is C26H22BrN5O2. The van der Waals surface area contributed by atoms with E-state index in [-0.39, 0.29) is 12.5 Å². The summed E-state index contributed by atoms with van der Waals surface area (Å²) in [6.07, 6.45) is 3.39. The summed E-state index contributed by atoms with van der Waals surface area (Å²) in [4.78, 5) is 24.4. The van der Waals surface area contributed by atoms with Crippen LogP contribution in [0, 0.1) is 6.92 Å². The van der Waals surface area contributed by atoms with Crippen LogP contribution in [0.5, 0.6) is 0 Å². The molecule has 0 spiro atoms. The molecule has 1 aromatic heterocycles. The molecule has 0 saturated heterocycles. The Morgan fingerprint density at radius 2 is 1.71 bits per heavy atom. The number of nitrogens with zero attached hydrogens (tertiary/aromatic N) is 3. The second-order valence-corrected chi connectivity index (χ2v) is 8.48. The lowest BCUT2D eigenvalue weighted by Crippen LogP contribution is -2.34. The molecule has 4 rings (SSSR count). The van der Waals surface area contributed by atoms with Crippen molar-refractivity contribution < 1.29 is 9.59 Å². The molecule has 0 aliphatic carbocycles. The van der Waals surface area contributed by atoms with Crippen LogP contribution < -0.4 is 10.7 Å². The number of nitrogens with one attached hydrogen (secondary N) is 2. The Bertz CT molecular complexity index is 1310. The Morgan fingerprint density at radius 3 is 2.41 bits per heavy atom. The van der Waals surface area contributed by atoms with E-state index < -0.39 is 5.91 Å². The molecule has 0 bridgehead atoms. The molecule has 0 aliphatic rings. The van der Waals surface area contributed by atoms with Crippen LogP contribution in [0.25, 0.3) is 16.9 Å². The highest BCUT2D eigenvalue weighted by Gasteiger charge is 2.12. The van der Waals surface area contributed by atoms with Gasteiger partial charge in [0.25, 0.3) is 11.8 Å². The average Bonchev–Trinajstić information content (AvgIpc) is 3.28. The minimum absolute atomic E-state index is 0.188. The maximum Gasteiger partial charge on any atom is 0.259 e. The van der Waals surface area contributed by atoms with Crippen LogP contribution in [-0.4, -0.2) is 34.4 Å². The first-order valence-electron chi connectivity index (χ1n) is 10.6. The van der Waals surface area contributed by atoms with Crippen molar-refractivity contribution in [1.82, 2.24) is 20.5 Å². The predicted molar refractivity (Wildman–Crippen MR) is 136 cm³/mol. The zero-order valence-electron chi connectivity index (χ0n) is 18.4. The van der Waals surface area contributed by atoms with Gasteiger partial charge in [-0.3, -0.25) is 9.59 Å². The van der Waals surface area contributed by atoms with E-state index >= 15 is 0 Å². The van der Waals surface area contributed by atoms with Crippen molar-refractivity contribution in [2.45, 2.75) is 6.92 Å². The SMILES string of the molecule is Cc1ccc(C(=O)NCC(=O)N/N=C\c2cn(-c3ccccc3)nc2-c2ccc(Br)cc2)cc1. The summed E-state index contributed by atoms with van der Waals surface area (Å²) in [5, 5.41) is 11.4. The molecule has 34 heavy (non-hydrogen) atoms. The van der Waals surface area contributed by atoms with Crippen LogP contribution in [0.15, 0.2) is 94.6 Å². The molecule has 3 aromatic carbocycles. The van der Waals surface area contributed by atoms with Crippen LogP contribution in [0.2, 0.25) is 0 Å². The van der Waals surface area contributed by atoms with Gasteiger partial charge in [-0.05, 0) is 43.3 Å². The number of aryl methyl sites for hydroxylation is 1. The van der Waals surface area contributed by atoms with Crippen molar-refractivity contribution in [1.29, 1.82) is 0 Å². The van der Waals surface area contributed by atoms with Gasteiger partial charge in [-0.15, -0.1) is 0 Å². The minimum atomic E-state index is -0.433. The van der Waals surface area contributed by atoms with Crippen molar-refractivity contribution in [3.05, 3.63) is 106 Å². The van der Waals surface area contributed by atoms with Gasteiger partial charge >= 0.3 is 0 Å². The summed E-state index contributed by atoms with van der Waals surface area (Å²) in [6.45, 7) is 1.76. The van der Waals surface area contributed by atoms with Crippen molar-refractivity contribution in [2.24, 2.45) is 5.10 Å². The molecule has 8 heteroatoms. The molecule has 1 heterocycles. The fraction of sp³-hybridized carbons (Fsp3) is 0.0769. The van der Waals surface area contributed by atoms with Gasteiger partial charge in [-0.2, -0.15) is 10.2 Å². The molecule has 2 amide bonds. The van der Waals surface area contributed by atoms with E-state index in [1.54, 1.807) is 23.0 Å². The largest absolute Gasteiger partial charge is 0.343 e. The van der Waals surface area contributed by atoms with Gasteiger partial charge in [-0.25, -0.2) is 10.1 Å². The Balaban J connectivity index is 1.45. The molecule has 170 valence electrons. The van der Waals surface area contributed by atoms with Crippen LogP contribution in [0.4, 0.5) is 0 Å². The van der Waals surface area contributed by atoms with E-state index in [9.17, 15) is 9.59 Å². The summed E-state index contributed by atoms with van der Waals surface area (Å²) < 4.78 is 2.73. The van der Waals surface area contributed by atoms with E-state index in [4.69, 9.17) is 5.10 Å². The number of hydrogen-bond donors (Lipinski definition) is 2. The Labute approximate surface area is 205 Å². The lowest BCUT2D eigenvalue weighted by Gasteiger charge is -2.04. The van der Waals surface area contributed by atoms with E-state index in [1.165, 1.54) is 0 Å². The lowest BCUT2D eigenvalue weighted by atomic mass is 10.1. The first-order chi connectivity index (χ1) is 16.5. The van der Waals surface area contributed by atoms with Gasteiger partial charge in [0.15, 0.2) is 0 Å². The van der Waals surface area contributed by atoms with Crippen molar-refractivity contribution in [2.75, 3.05) is 6.54 Å². The molecular weight excluding hydrogens is 494 g/mol. The molecule has 7 nitrogen and oxygen atoms in total. The number of amides is 2. The fourth-order valence-electron chi connectivity index (χ4n) is 3.21. The summed E-state index contributed by atoms with van der Waals surface area (Å²) in [5.41, 5.74) is 7.28. The average molecular weight is 516 g/mol. The number of hydrazone groups is 1. The van der Waals surface area contributed by atoms with E-state index in [2.05, 4.69) is 31.8 Å². The van der Waals surface area contributed by atoms with E-state index in [0.29, 0.717) is 5.56 Å². The number of halogens is 1. The van der Waals surface area contributed by atoms with E-state index in [0.717, 1.165) is 32.5 Å². The summed E-state index contributed by atoms with van der Waals surface area (Å²) in [7, 11) is 0. The maximum atomic E-state index is 12.2. The monoisotopic (exact) mass is 515 g/mol. The molecule has 0 radical (unpaired) electrons. The topological polar surface area (TPSA) is 88.4 Å². The number of hydrogen-bond acceptors (Lipinski definition) is 4. The highest BCUT2D eigenvalue weighted by molar-refractivity contribution is 9.10. The fourth-order valence-corrected chi connectivity index (χ4v) is 3.47. The number of carbonyl (C=O) groups is 2. The molecule has 4 aromatic rings. The Morgan fingerprint density at radius 1 is 1.00 bits per heavy atom. The van der Waals surface area contributed by atoms with Crippen molar-refractivity contribution in [3.63, 3.8) is 0 Å². The van der Waals surface area contributed by atoms with Crippen LogP contribution in [0.3, 0.4) is 0 Å². The first kappa shape index (κ1) is 23.1. The van der Waals surface area contributed by atoms with Crippen LogP contribution in [-0.2, 0) is 4.79 Å². The van der Waals surface area contributed by atoms with Gasteiger partial charge in [0.1, 0.15) is 5.69 Å². The van der Waals surface area contributed by atoms with Crippen LogP contribution in [0.1, 0.15) is 21.5 Å². The predicted octanol–water partition coefficient (Wildman–Crippen LogP) is 4.49. The first-order valence-corrected chi connectivity index (χ1v) is 11.4. The number of carbonyl (C=O) groups excluding carboxylic acids is 2. The standard InChI is InChI=1S/C26H22BrN5O2/c1-18-7-9-20(10-8-18)26(34)28-16-24(33)30-29-15-21-17-32(23-5-3-2-4-6-23)31-25(21)19-11-13-22(27)14-12-19/h2-15,17H,16H2,1H3,(H,28,34)(H,30,33)/b29-15-. The Kier molecular flexibility index (Phi) is 7.29. The highest BCUT2D eigenvalue weighted by Crippen LogP contribution is 2.24. The number of benzene rings is 3. The van der Waals surface area contributed by atoms with Gasteiger partial charge in [0.2, 0.25) is 0 Å². The molecule has 0 fully saturated rings. The third-order valence-electron chi connectivity index (χ3n) is 5.00. The third kappa shape index (κ3) is 5.85. The smallest absolute Gasteiger partial charge is 0.259 e. The second-order valence-electron chi connectivity index (χ2n) is 7.56. The number of rotatable bonds is 7. The molecule has 0 unspecified atom stereocenters.